The molecule has 0 amide bonds. The van der Waals surface area contributed by atoms with E-state index in [1.807, 2.05) is 42.8 Å². The molecule has 39 heavy (non-hydrogen) atoms. The third-order valence-electron chi connectivity index (χ3n) is 7.25. The van der Waals surface area contributed by atoms with E-state index in [4.69, 9.17) is 4.74 Å². The summed E-state index contributed by atoms with van der Waals surface area (Å²) in [5, 5.41) is 8.72. The smallest absolute Gasteiger partial charge is 0.244 e. The van der Waals surface area contributed by atoms with Crippen LogP contribution in [0.1, 0.15) is 111 Å². The highest BCUT2D eigenvalue weighted by Crippen LogP contribution is 2.38. The van der Waals surface area contributed by atoms with Gasteiger partial charge in [0.15, 0.2) is 5.65 Å². The fourth-order valence-corrected chi connectivity index (χ4v) is 6.78. The Hall–Kier alpha value is -2.39. The molecular formula is C30H49N5O3S. The molecule has 3 rings (SSSR count). The van der Waals surface area contributed by atoms with Gasteiger partial charge in [-0.25, -0.2) is 13.1 Å². The number of nitrogens with zero attached hydrogens (tertiary/aromatic N) is 4. The molecule has 0 aliphatic carbocycles. The summed E-state index contributed by atoms with van der Waals surface area (Å²) in [6.45, 7) is 15.9. The van der Waals surface area contributed by atoms with Crippen LogP contribution in [-0.2, 0) is 22.5 Å². The van der Waals surface area contributed by atoms with Gasteiger partial charge in [0.05, 0.1) is 12.8 Å². The van der Waals surface area contributed by atoms with Crippen molar-refractivity contribution in [3.05, 3.63) is 41.9 Å². The van der Waals surface area contributed by atoms with Crippen molar-refractivity contribution in [1.29, 1.82) is 0 Å². The number of ether oxygens (including phenoxy) is 1. The SMILES string of the molecule is CCCCCCCCOc1ccc(C(C)(C)CC(C)(C)C)cc1S(=O)(=O)NCC(C)c1nn2nccc2n1C. The van der Waals surface area contributed by atoms with Gasteiger partial charge in [-0.05, 0) is 41.4 Å². The first-order chi connectivity index (χ1) is 18.2. The number of fused-ring (bicyclic) bond motifs is 1. The monoisotopic (exact) mass is 559 g/mol. The van der Waals surface area contributed by atoms with Crippen molar-refractivity contribution in [2.45, 2.75) is 110 Å². The second-order valence-electron chi connectivity index (χ2n) is 12.7. The molecule has 0 spiro atoms. The summed E-state index contributed by atoms with van der Waals surface area (Å²) in [5.74, 6) is 1.02. The van der Waals surface area contributed by atoms with Crippen LogP contribution in [0.4, 0.5) is 0 Å². The minimum Gasteiger partial charge on any atom is -0.492 e. The first-order valence-electron chi connectivity index (χ1n) is 14.4. The number of sulfonamides is 1. The molecule has 1 aromatic carbocycles. The van der Waals surface area contributed by atoms with Gasteiger partial charge in [0.2, 0.25) is 10.0 Å². The maximum absolute atomic E-state index is 13.7. The molecule has 1 N–H and O–H groups in total. The van der Waals surface area contributed by atoms with E-state index in [9.17, 15) is 8.42 Å². The molecule has 0 radical (unpaired) electrons. The number of aryl methyl sites for hydroxylation is 1. The normalized spacial score (nSPS) is 13.7. The lowest BCUT2D eigenvalue weighted by atomic mass is 9.72. The van der Waals surface area contributed by atoms with Gasteiger partial charge >= 0.3 is 0 Å². The van der Waals surface area contributed by atoms with Crippen LogP contribution >= 0.6 is 0 Å². The van der Waals surface area contributed by atoms with Gasteiger partial charge in [0, 0.05) is 25.6 Å². The van der Waals surface area contributed by atoms with Crippen molar-refractivity contribution in [2.75, 3.05) is 13.2 Å². The van der Waals surface area contributed by atoms with E-state index in [1.165, 1.54) is 25.7 Å². The molecule has 2 aromatic heterocycles. The summed E-state index contributed by atoms with van der Waals surface area (Å²) in [5.41, 5.74) is 1.75. The number of benzene rings is 1. The first-order valence-corrected chi connectivity index (χ1v) is 15.9. The molecule has 0 saturated heterocycles. The number of nitrogens with one attached hydrogen (secondary N) is 1. The molecule has 2 heterocycles. The van der Waals surface area contributed by atoms with Crippen LogP contribution < -0.4 is 9.46 Å². The Labute approximate surface area is 235 Å². The van der Waals surface area contributed by atoms with Gasteiger partial charge < -0.3 is 9.30 Å². The van der Waals surface area contributed by atoms with E-state index in [0.717, 1.165) is 36.3 Å². The van der Waals surface area contributed by atoms with Gasteiger partial charge in [-0.3, -0.25) is 0 Å². The van der Waals surface area contributed by atoms with Gasteiger partial charge in [0.1, 0.15) is 16.5 Å². The third-order valence-corrected chi connectivity index (χ3v) is 8.70. The maximum atomic E-state index is 13.7. The number of rotatable bonds is 15. The second-order valence-corrected chi connectivity index (χ2v) is 14.5. The first kappa shape index (κ1) is 31.1. The van der Waals surface area contributed by atoms with Crippen molar-refractivity contribution >= 4 is 15.7 Å². The number of aromatic nitrogens is 4. The lowest BCUT2D eigenvalue weighted by Gasteiger charge is -2.33. The minimum atomic E-state index is -3.84. The summed E-state index contributed by atoms with van der Waals surface area (Å²) >= 11 is 0. The van der Waals surface area contributed by atoms with E-state index in [1.54, 1.807) is 10.8 Å². The minimum absolute atomic E-state index is 0.102. The van der Waals surface area contributed by atoms with Crippen molar-refractivity contribution in [3.8, 4) is 5.75 Å². The molecule has 0 saturated carbocycles. The fourth-order valence-electron chi connectivity index (χ4n) is 5.48. The van der Waals surface area contributed by atoms with Crippen molar-refractivity contribution in [3.63, 3.8) is 0 Å². The number of hydrogen-bond acceptors (Lipinski definition) is 5. The van der Waals surface area contributed by atoms with Crippen molar-refractivity contribution < 1.29 is 13.2 Å². The predicted octanol–water partition coefficient (Wildman–Crippen LogP) is 6.60. The standard InChI is InChI=1S/C30H49N5O3S/c1-9-10-11-12-13-14-19-38-25-16-15-24(30(6,7)22-29(3,4)5)20-26(25)39(36,37)32-21-23(2)28-33-35-27(34(28)8)17-18-31-35/h15-18,20,23,32H,9-14,19,21-22H2,1-8H3. The Bertz CT molecular complexity index is 1320. The summed E-state index contributed by atoms with van der Waals surface area (Å²) in [4.78, 5) is 0.204. The molecule has 8 nitrogen and oxygen atoms in total. The van der Waals surface area contributed by atoms with Crippen LogP contribution in [0.5, 0.6) is 5.75 Å². The molecule has 1 atom stereocenters. The lowest BCUT2D eigenvalue weighted by molar-refractivity contribution is 0.281. The highest BCUT2D eigenvalue weighted by molar-refractivity contribution is 7.89. The van der Waals surface area contributed by atoms with Crippen molar-refractivity contribution in [1.82, 2.24) is 24.1 Å². The summed E-state index contributed by atoms with van der Waals surface area (Å²) in [7, 11) is -1.92. The number of hydrogen-bond donors (Lipinski definition) is 1. The van der Waals surface area contributed by atoms with Gasteiger partial charge in [-0.1, -0.05) is 86.6 Å². The zero-order chi connectivity index (χ0) is 28.8. The summed E-state index contributed by atoms with van der Waals surface area (Å²) < 4.78 is 39.9. The molecule has 0 aliphatic rings. The van der Waals surface area contributed by atoms with Gasteiger partial charge in [-0.15, -0.1) is 9.73 Å². The summed E-state index contributed by atoms with van der Waals surface area (Å²) in [6, 6.07) is 7.55. The molecular weight excluding hydrogens is 510 g/mol. The Morgan fingerprint density at radius 3 is 2.38 bits per heavy atom. The van der Waals surface area contributed by atoms with E-state index in [-0.39, 0.29) is 28.2 Å². The van der Waals surface area contributed by atoms with E-state index in [2.05, 4.69) is 56.5 Å². The Balaban J connectivity index is 1.81. The molecule has 0 fully saturated rings. The molecule has 1 unspecified atom stereocenters. The zero-order valence-corrected chi connectivity index (χ0v) is 26.1. The van der Waals surface area contributed by atoms with E-state index >= 15 is 0 Å². The Morgan fingerprint density at radius 1 is 1.03 bits per heavy atom. The van der Waals surface area contributed by atoms with E-state index in [0.29, 0.717) is 12.4 Å². The quantitative estimate of drug-likeness (QED) is 0.212. The molecule has 0 bridgehead atoms. The maximum Gasteiger partial charge on any atom is 0.244 e. The number of unbranched alkanes of at least 4 members (excludes halogenated alkanes) is 5. The van der Waals surface area contributed by atoms with Crippen LogP contribution in [-0.4, -0.2) is 41.0 Å². The molecule has 218 valence electrons. The Morgan fingerprint density at radius 2 is 1.72 bits per heavy atom. The summed E-state index contributed by atoms with van der Waals surface area (Å²) in [6.07, 6.45) is 9.49. The molecule has 9 heteroatoms. The van der Waals surface area contributed by atoms with Crippen LogP contribution in [0.25, 0.3) is 5.65 Å². The second kappa shape index (κ2) is 12.9. The largest absolute Gasteiger partial charge is 0.492 e. The highest BCUT2D eigenvalue weighted by Gasteiger charge is 2.30. The average molecular weight is 560 g/mol. The van der Waals surface area contributed by atoms with Crippen molar-refractivity contribution in [2.24, 2.45) is 12.5 Å². The van der Waals surface area contributed by atoms with Crippen LogP contribution in [0.2, 0.25) is 0 Å². The molecule has 0 aliphatic heterocycles. The van der Waals surface area contributed by atoms with Crippen LogP contribution in [0.15, 0.2) is 35.4 Å². The predicted molar refractivity (Wildman–Crippen MR) is 158 cm³/mol. The van der Waals surface area contributed by atoms with E-state index < -0.39 is 10.0 Å². The lowest BCUT2D eigenvalue weighted by Crippen LogP contribution is -2.30. The Kier molecular flexibility index (Phi) is 10.3. The fraction of sp³-hybridized carbons (Fsp3) is 0.667. The zero-order valence-electron chi connectivity index (χ0n) is 25.2. The third kappa shape index (κ3) is 8.30. The molecule has 3 aromatic rings. The van der Waals surface area contributed by atoms with Gasteiger partial charge in [0.25, 0.3) is 0 Å². The van der Waals surface area contributed by atoms with Crippen LogP contribution in [0, 0.1) is 5.41 Å². The highest BCUT2D eigenvalue weighted by atomic mass is 32.2. The average Bonchev–Trinajstić information content (AvgIpc) is 3.43. The topological polar surface area (TPSA) is 90.5 Å². The van der Waals surface area contributed by atoms with Gasteiger partial charge in [-0.2, -0.15) is 5.10 Å². The van der Waals surface area contributed by atoms with Crippen LogP contribution in [0.3, 0.4) is 0 Å².